The third kappa shape index (κ3) is 5.10. The number of methoxy groups -OCH3 is 1. The van der Waals surface area contributed by atoms with Gasteiger partial charge in [0.1, 0.15) is 6.73 Å². The van der Waals surface area contributed by atoms with Gasteiger partial charge in [-0.05, 0) is 6.92 Å². The Morgan fingerprint density at radius 2 is 2.22 bits per heavy atom. The van der Waals surface area contributed by atoms with Crippen molar-refractivity contribution in [3.05, 3.63) is 0 Å². The summed E-state index contributed by atoms with van der Waals surface area (Å²) in [7, 11) is 1.52. The first kappa shape index (κ1) is 8.23. The van der Waals surface area contributed by atoms with E-state index in [-0.39, 0.29) is 12.8 Å². The van der Waals surface area contributed by atoms with Crippen molar-refractivity contribution in [3.8, 4) is 0 Å². The average molecular weight is 132 g/mol. The van der Waals surface area contributed by atoms with Gasteiger partial charge in [0.2, 0.25) is 0 Å². The fourth-order valence-corrected chi connectivity index (χ4v) is 0.361. The molecule has 0 spiro atoms. The Kier molecular flexibility index (Phi) is 4.91. The van der Waals surface area contributed by atoms with Gasteiger partial charge in [-0.15, -0.1) is 0 Å². The van der Waals surface area contributed by atoms with Crippen molar-refractivity contribution < 1.29 is 9.53 Å². The molecule has 2 amide bonds. The van der Waals surface area contributed by atoms with E-state index in [2.05, 4.69) is 15.4 Å². The number of carbonyl (C=O) groups is 1. The lowest BCUT2D eigenvalue weighted by Crippen LogP contribution is -2.36. The van der Waals surface area contributed by atoms with Crippen LogP contribution < -0.4 is 10.6 Å². The summed E-state index contributed by atoms with van der Waals surface area (Å²) in [6.07, 6.45) is 0. The van der Waals surface area contributed by atoms with Gasteiger partial charge in [0.15, 0.2) is 0 Å². The van der Waals surface area contributed by atoms with E-state index in [1.165, 1.54) is 7.11 Å². The maximum atomic E-state index is 10.5. The average Bonchev–Trinajstić information content (AvgIpc) is 1.85. The van der Waals surface area contributed by atoms with E-state index >= 15 is 0 Å². The van der Waals surface area contributed by atoms with Crippen molar-refractivity contribution in [2.75, 3.05) is 20.4 Å². The fraction of sp³-hybridized carbons (Fsp3) is 0.800. The molecule has 0 radical (unpaired) electrons. The minimum absolute atomic E-state index is 0.195. The molecule has 0 aliphatic rings. The second-order valence-corrected chi connectivity index (χ2v) is 1.47. The summed E-state index contributed by atoms with van der Waals surface area (Å²) in [4.78, 5) is 10.5. The third-order valence-corrected chi connectivity index (χ3v) is 0.714. The number of nitrogens with one attached hydrogen (secondary N) is 2. The molecule has 0 saturated heterocycles. The van der Waals surface area contributed by atoms with Crippen molar-refractivity contribution in [1.29, 1.82) is 0 Å². The lowest BCUT2D eigenvalue weighted by Gasteiger charge is -2.02. The predicted molar refractivity (Wildman–Crippen MR) is 34.1 cm³/mol. The second kappa shape index (κ2) is 5.37. The molecule has 0 rings (SSSR count). The van der Waals surface area contributed by atoms with Crippen LogP contribution in [0.25, 0.3) is 0 Å². The highest BCUT2D eigenvalue weighted by atomic mass is 16.5. The number of urea groups is 1. The molecule has 4 nitrogen and oxygen atoms in total. The largest absolute Gasteiger partial charge is 0.364 e. The summed E-state index contributed by atoms with van der Waals surface area (Å²) in [5, 5.41) is 5.01. The number of hydrogen-bond acceptors (Lipinski definition) is 2. The van der Waals surface area contributed by atoms with Gasteiger partial charge in [0.25, 0.3) is 0 Å². The molecule has 0 fully saturated rings. The Bertz CT molecular complexity index is 85.0. The fourth-order valence-electron chi connectivity index (χ4n) is 0.361. The minimum Gasteiger partial charge on any atom is -0.364 e. The van der Waals surface area contributed by atoms with Crippen molar-refractivity contribution in [3.63, 3.8) is 0 Å². The van der Waals surface area contributed by atoms with E-state index in [9.17, 15) is 4.79 Å². The van der Waals surface area contributed by atoms with E-state index in [0.29, 0.717) is 6.54 Å². The van der Waals surface area contributed by atoms with Gasteiger partial charge in [0.05, 0.1) is 0 Å². The molecule has 0 heterocycles. The van der Waals surface area contributed by atoms with Gasteiger partial charge < -0.3 is 15.4 Å². The SMILES string of the molecule is CCNC(=O)NCOC. The summed E-state index contributed by atoms with van der Waals surface area (Å²) >= 11 is 0. The molecule has 0 saturated carbocycles. The first-order valence-electron chi connectivity index (χ1n) is 2.82. The number of amides is 2. The van der Waals surface area contributed by atoms with Crippen molar-refractivity contribution >= 4 is 6.03 Å². The number of rotatable bonds is 3. The van der Waals surface area contributed by atoms with Crippen LogP contribution in [0.5, 0.6) is 0 Å². The van der Waals surface area contributed by atoms with Gasteiger partial charge in [-0.1, -0.05) is 0 Å². The van der Waals surface area contributed by atoms with Gasteiger partial charge in [-0.3, -0.25) is 0 Å². The minimum atomic E-state index is -0.195. The van der Waals surface area contributed by atoms with Gasteiger partial charge in [0, 0.05) is 13.7 Å². The molecule has 2 N–H and O–H groups in total. The van der Waals surface area contributed by atoms with Crippen LogP contribution in [0.15, 0.2) is 0 Å². The molecule has 0 aromatic carbocycles. The van der Waals surface area contributed by atoms with Crippen LogP contribution in [0.3, 0.4) is 0 Å². The highest BCUT2D eigenvalue weighted by Crippen LogP contribution is 1.63. The number of carbonyl (C=O) groups excluding carboxylic acids is 1. The molecule has 0 atom stereocenters. The quantitative estimate of drug-likeness (QED) is 0.527. The lowest BCUT2D eigenvalue weighted by molar-refractivity contribution is 0.172. The summed E-state index contributed by atoms with van der Waals surface area (Å²) in [5.41, 5.74) is 0. The zero-order valence-corrected chi connectivity index (χ0v) is 5.73. The zero-order valence-electron chi connectivity index (χ0n) is 5.73. The molecular weight excluding hydrogens is 120 g/mol. The first-order valence-corrected chi connectivity index (χ1v) is 2.82. The highest BCUT2D eigenvalue weighted by Gasteiger charge is 1.92. The highest BCUT2D eigenvalue weighted by molar-refractivity contribution is 5.73. The summed E-state index contributed by atoms with van der Waals surface area (Å²) in [5.74, 6) is 0. The Hall–Kier alpha value is -0.770. The molecule has 4 heteroatoms. The smallest absolute Gasteiger partial charge is 0.316 e. The van der Waals surface area contributed by atoms with Crippen molar-refractivity contribution in [1.82, 2.24) is 10.6 Å². The monoisotopic (exact) mass is 132 g/mol. The van der Waals surface area contributed by atoms with Crippen molar-refractivity contribution in [2.24, 2.45) is 0 Å². The van der Waals surface area contributed by atoms with E-state index in [1.807, 2.05) is 6.92 Å². The summed E-state index contributed by atoms with van der Waals surface area (Å²) < 4.78 is 4.59. The Morgan fingerprint density at radius 1 is 1.56 bits per heavy atom. The van der Waals surface area contributed by atoms with E-state index in [1.54, 1.807) is 0 Å². The third-order valence-electron chi connectivity index (χ3n) is 0.714. The normalized spacial score (nSPS) is 8.67. The van der Waals surface area contributed by atoms with Gasteiger partial charge in [-0.2, -0.15) is 0 Å². The first-order chi connectivity index (χ1) is 4.31. The molecule has 0 aromatic rings. The predicted octanol–water partition coefficient (Wildman–Crippen LogP) is -0.0906. The maximum Gasteiger partial charge on any atom is 0.316 e. The Labute approximate surface area is 54.6 Å². The molecule has 0 aromatic heterocycles. The van der Waals surface area contributed by atoms with Crippen LogP contribution in [0.4, 0.5) is 4.79 Å². The number of hydrogen-bond donors (Lipinski definition) is 2. The molecular formula is C5H12N2O2. The summed E-state index contributed by atoms with van der Waals surface area (Å²) in [6.45, 7) is 2.74. The van der Waals surface area contributed by atoms with Crippen LogP contribution in [-0.2, 0) is 4.74 Å². The molecule has 0 aliphatic carbocycles. The van der Waals surface area contributed by atoms with Crippen LogP contribution in [0, 0.1) is 0 Å². The topological polar surface area (TPSA) is 50.4 Å². The Balaban J connectivity index is 3.06. The zero-order chi connectivity index (χ0) is 7.11. The van der Waals surface area contributed by atoms with E-state index < -0.39 is 0 Å². The molecule has 9 heavy (non-hydrogen) atoms. The maximum absolute atomic E-state index is 10.5. The Morgan fingerprint density at radius 3 is 2.67 bits per heavy atom. The second-order valence-electron chi connectivity index (χ2n) is 1.47. The standard InChI is InChI=1S/C5H12N2O2/c1-3-6-5(8)7-4-9-2/h3-4H2,1-2H3,(H2,6,7,8). The van der Waals surface area contributed by atoms with E-state index in [0.717, 1.165) is 0 Å². The van der Waals surface area contributed by atoms with Crippen LogP contribution in [0.1, 0.15) is 6.92 Å². The van der Waals surface area contributed by atoms with Crippen LogP contribution >= 0.6 is 0 Å². The molecule has 54 valence electrons. The summed E-state index contributed by atoms with van der Waals surface area (Å²) in [6, 6.07) is -0.195. The van der Waals surface area contributed by atoms with Crippen LogP contribution in [0.2, 0.25) is 0 Å². The van der Waals surface area contributed by atoms with Crippen LogP contribution in [-0.4, -0.2) is 26.4 Å². The molecule has 0 unspecified atom stereocenters. The van der Waals surface area contributed by atoms with Crippen molar-refractivity contribution in [2.45, 2.75) is 6.92 Å². The van der Waals surface area contributed by atoms with Gasteiger partial charge in [-0.25, -0.2) is 4.79 Å². The molecule has 0 aliphatic heterocycles. The van der Waals surface area contributed by atoms with E-state index in [4.69, 9.17) is 0 Å². The van der Waals surface area contributed by atoms with Gasteiger partial charge >= 0.3 is 6.03 Å². The molecule has 0 bridgehead atoms. The lowest BCUT2D eigenvalue weighted by atomic mass is 10.7. The number of ether oxygens (including phenoxy) is 1.